The molecule has 0 aliphatic carbocycles. The number of nitrogens with one attached hydrogen (secondary N) is 2. The number of carbonyl (C=O) groups is 2. The molecule has 12 heteroatoms. The molecule has 1 atom stereocenters. The van der Waals surface area contributed by atoms with Crippen LogP contribution >= 0.6 is 23.2 Å². The number of hydrogen-bond donors (Lipinski definition) is 2. The van der Waals surface area contributed by atoms with Crippen molar-refractivity contribution in [2.24, 2.45) is 0 Å². The number of benzene rings is 3. The summed E-state index contributed by atoms with van der Waals surface area (Å²) in [6.07, 6.45) is -1.29. The van der Waals surface area contributed by atoms with Crippen LogP contribution in [0.15, 0.2) is 60.7 Å². The summed E-state index contributed by atoms with van der Waals surface area (Å²) in [5.41, 5.74) is 0.575. The molecule has 186 valence electrons. The van der Waals surface area contributed by atoms with Gasteiger partial charge in [-0.15, -0.1) is 0 Å². The molecular formula is C24H19Cl2FN4O5. The first-order chi connectivity index (χ1) is 17.2. The maximum atomic E-state index is 14.2. The van der Waals surface area contributed by atoms with E-state index in [-0.39, 0.29) is 33.5 Å². The van der Waals surface area contributed by atoms with Gasteiger partial charge >= 0.3 is 0 Å². The Balaban J connectivity index is 1.52. The van der Waals surface area contributed by atoms with Crippen LogP contribution in [0, 0.1) is 10.1 Å². The fraction of sp³-hybridized carbons (Fsp3) is 0.167. The molecule has 1 aliphatic heterocycles. The summed E-state index contributed by atoms with van der Waals surface area (Å²) in [5, 5.41) is 16.8. The van der Waals surface area contributed by atoms with Crippen LogP contribution in [-0.2, 0) is 4.74 Å². The van der Waals surface area contributed by atoms with Crippen molar-refractivity contribution < 1.29 is 23.6 Å². The number of halogens is 3. The maximum absolute atomic E-state index is 14.2. The van der Waals surface area contributed by atoms with Crippen molar-refractivity contribution in [3.63, 3.8) is 0 Å². The van der Waals surface area contributed by atoms with Gasteiger partial charge in [-0.1, -0.05) is 29.3 Å². The molecule has 9 nitrogen and oxygen atoms in total. The van der Waals surface area contributed by atoms with Gasteiger partial charge in [0, 0.05) is 34.6 Å². The molecule has 1 aliphatic rings. The van der Waals surface area contributed by atoms with Crippen molar-refractivity contribution in [2.75, 3.05) is 35.3 Å². The minimum atomic E-state index is -1.29. The molecule has 0 aromatic heterocycles. The number of hydrogen-bond acceptors (Lipinski definition) is 6. The van der Waals surface area contributed by atoms with E-state index in [1.165, 1.54) is 30.3 Å². The van der Waals surface area contributed by atoms with Gasteiger partial charge in [-0.2, -0.15) is 0 Å². The number of amides is 2. The molecule has 2 amide bonds. The average Bonchev–Trinajstić information content (AvgIpc) is 2.85. The normalized spacial score (nSPS) is 15.3. The second-order valence-electron chi connectivity index (χ2n) is 7.77. The number of alkyl halides is 1. The SMILES string of the molecule is O=C(Nc1cccc(N2CCOCC2F)c1)c1ccc(Cl)c(NC(=O)c2cc(Cl)ccc2[N+](=O)[O-])c1. The number of morpholine rings is 1. The smallest absolute Gasteiger partial charge is 0.282 e. The zero-order chi connectivity index (χ0) is 25.8. The summed E-state index contributed by atoms with van der Waals surface area (Å²) >= 11 is 12.1. The topological polar surface area (TPSA) is 114 Å². The van der Waals surface area contributed by atoms with Crippen molar-refractivity contribution in [1.82, 2.24) is 0 Å². The number of carbonyl (C=O) groups excluding carboxylic acids is 2. The van der Waals surface area contributed by atoms with E-state index >= 15 is 0 Å². The number of rotatable bonds is 6. The minimum Gasteiger partial charge on any atom is -0.375 e. The van der Waals surface area contributed by atoms with Crippen LogP contribution in [0.25, 0.3) is 0 Å². The molecule has 3 aromatic carbocycles. The van der Waals surface area contributed by atoms with Gasteiger partial charge in [0.25, 0.3) is 17.5 Å². The van der Waals surface area contributed by atoms with Gasteiger partial charge in [0.05, 0.1) is 28.8 Å². The Labute approximate surface area is 214 Å². The van der Waals surface area contributed by atoms with Crippen molar-refractivity contribution in [3.05, 3.63) is 92.0 Å². The monoisotopic (exact) mass is 532 g/mol. The molecule has 36 heavy (non-hydrogen) atoms. The lowest BCUT2D eigenvalue weighted by Gasteiger charge is -2.32. The summed E-state index contributed by atoms with van der Waals surface area (Å²) in [7, 11) is 0. The Kier molecular flexibility index (Phi) is 7.68. The van der Waals surface area contributed by atoms with Gasteiger partial charge < -0.3 is 20.3 Å². The molecule has 2 N–H and O–H groups in total. The van der Waals surface area contributed by atoms with Crippen LogP contribution in [0.5, 0.6) is 0 Å². The Hall–Kier alpha value is -3.73. The van der Waals surface area contributed by atoms with E-state index in [1.807, 2.05) is 0 Å². The van der Waals surface area contributed by atoms with E-state index in [0.29, 0.717) is 24.5 Å². The highest BCUT2D eigenvalue weighted by Gasteiger charge is 2.24. The first-order valence-corrected chi connectivity index (χ1v) is 11.4. The van der Waals surface area contributed by atoms with E-state index in [0.717, 1.165) is 6.07 Å². The summed E-state index contributed by atoms with van der Waals surface area (Å²) < 4.78 is 19.3. The van der Waals surface area contributed by atoms with Gasteiger partial charge in [0.2, 0.25) is 0 Å². The summed E-state index contributed by atoms with van der Waals surface area (Å²) in [5.74, 6) is -1.32. The average molecular weight is 533 g/mol. The largest absolute Gasteiger partial charge is 0.375 e. The van der Waals surface area contributed by atoms with Crippen molar-refractivity contribution in [2.45, 2.75) is 6.30 Å². The third kappa shape index (κ3) is 5.73. The maximum Gasteiger partial charge on any atom is 0.282 e. The molecule has 1 unspecified atom stereocenters. The Bertz CT molecular complexity index is 1340. The van der Waals surface area contributed by atoms with Crippen molar-refractivity contribution >= 4 is 57.8 Å². The van der Waals surface area contributed by atoms with Crippen LogP contribution in [0.2, 0.25) is 10.0 Å². The fourth-order valence-electron chi connectivity index (χ4n) is 3.63. The van der Waals surface area contributed by atoms with Crippen LogP contribution in [0.3, 0.4) is 0 Å². The zero-order valence-corrected chi connectivity index (χ0v) is 20.1. The highest BCUT2D eigenvalue weighted by Crippen LogP contribution is 2.28. The Morgan fingerprint density at radius 2 is 1.86 bits per heavy atom. The lowest BCUT2D eigenvalue weighted by molar-refractivity contribution is -0.385. The highest BCUT2D eigenvalue weighted by atomic mass is 35.5. The summed E-state index contributed by atoms with van der Waals surface area (Å²) in [6, 6.07) is 14.5. The second kappa shape index (κ2) is 10.9. The lowest BCUT2D eigenvalue weighted by Crippen LogP contribution is -2.42. The number of nitro groups is 1. The molecule has 0 bridgehead atoms. The number of nitro benzene ring substituents is 1. The highest BCUT2D eigenvalue weighted by molar-refractivity contribution is 6.34. The van der Waals surface area contributed by atoms with Gasteiger partial charge in [0.15, 0.2) is 6.30 Å². The molecule has 1 heterocycles. The predicted octanol–water partition coefficient (Wildman–Crippen LogP) is 5.54. The minimum absolute atomic E-state index is 0.0335. The lowest BCUT2D eigenvalue weighted by atomic mass is 10.1. The number of anilines is 3. The molecule has 4 rings (SSSR count). The van der Waals surface area contributed by atoms with Gasteiger partial charge in [-0.25, -0.2) is 4.39 Å². The first kappa shape index (κ1) is 25.4. The molecule has 1 fully saturated rings. The van der Waals surface area contributed by atoms with Gasteiger partial charge in [-0.3, -0.25) is 19.7 Å². The molecule has 0 radical (unpaired) electrons. The number of ether oxygens (including phenoxy) is 1. The van der Waals surface area contributed by atoms with E-state index < -0.39 is 28.7 Å². The van der Waals surface area contributed by atoms with Crippen LogP contribution in [0.4, 0.5) is 27.1 Å². The van der Waals surface area contributed by atoms with Gasteiger partial charge in [-0.05, 0) is 48.5 Å². The quantitative estimate of drug-likeness (QED) is 0.245. The summed E-state index contributed by atoms with van der Waals surface area (Å²) in [6.45, 7) is 0.742. The van der Waals surface area contributed by atoms with Gasteiger partial charge in [0.1, 0.15) is 5.56 Å². The van der Waals surface area contributed by atoms with E-state index in [1.54, 1.807) is 29.2 Å². The summed E-state index contributed by atoms with van der Waals surface area (Å²) in [4.78, 5) is 37.8. The molecule has 0 saturated carbocycles. The third-order valence-electron chi connectivity index (χ3n) is 5.38. The molecule has 1 saturated heterocycles. The standard InChI is InChI=1S/C24H19Cl2FN4O5/c25-15-5-7-21(31(34)35)18(11-15)24(33)29-20-10-14(4-6-19(20)26)23(32)28-16-2-1-3-17(12-16)30-8-9-36-13-22(30)27/h1-7,10-12,22H,8-9,13H2,(H,28,32)(H,29,33). The zero-order valence-electron chi connectivity index (χ0n) is 18.5. The van der Waals surface area contributed by atoms with Crippen LogP contribution in [-0.4, -0.2) is 42.8 Å². The predicted molar refractivity (Wildman–Crippen MR) is 135 cm³/mol. The van der Waals surface area contributed by atoms with E-state index in [2.05, 4.69) is 10.6 Å². The third-order valence-corrected chi connectivity index (χ3v) is 5.95. The van der Waals surface area contributed by atoms with E-state index in [9.17, 15) is 24.1 Å². The van der Waals surface area contributed by atoms with Crippen molar-refractivity contribution in [3.8, 4) is 0 Å². The first-order valence-electron chi connectivity index (χ1n) is 10.7. The number of nitrogens with zero attached hydrogens (tertiary/aromatic N) is 2. The molecule has 0 spiro atoms. The Morgan fingerprint density at radius 1 is 1.06 bits per heavy atom. The Morgan fingerprint density at radius 3 is 2.61 bits per heavy atom. The molecule has 3 aromatic rings. The fourth-order valence-corrected chi connectivity index (χ4v) is 3.97. The van der Waals surface area contributed by atoms with Crippen LogP contribution in [0.1, 0.15) is 20.7 Å². The van der Waals surface area contributed by atoms with E-state index in [4.69, 9.17) is 27.9 Å². The van der Waals surface area contributed by atoms with Crippen LogP contribution < -0.4 is 15.5 Å². The van der Waals surface area contributed by atoms with Crippen molar-refractivity contribution in [1.29, 1.82) is 0 Å². The molecular weight excluding hydrogens is 514 g/mol. The second-order valence-corrected chi connectivity index (χ2v) is 8.62.